The van der Waals surface area contributed by atoms with Crippen molar-refractivity contribution in [2.45, 2.75) is 9.79 Å². The molecule has 0 bridgehead atoms. The number of anilines is 2. The van der Waals surface area contributed by atoms with Gasteiger partial charge in [-0.25, -0.2) is 13.4 Å². The van der Waals surface area contributed by atoms with Gasteiger partial charge in [0, 0.05) is 32.7 Å². The minimum atomic E-state index is -3.72. The fraction of sp³-hybridized carbons (Fsp3) is 0.294. The van der Waals surface area contributed by atoms with Crippen molar-refractivity contribution < 1.29 is 8.42 Å². The number of aromatic nitrogens is 2. The Morgan fingerprint density at radius 1 is 1.16 bits per heavy atom. The summed E-state index contributed by atoms with van der Waals surface area (Å²) in [4.78, 5) is 12.9. The minimum Gasteiger partial charge on any atom is -0.382 e. The van der Waals surface area contributed by atoms with E-state index >= 15 is 0 Å². The summed E-state index contributed by atoms with van der Waals surface area (Å²) in [6.45, 7) is 7.87. The van der Waals surface area contributed by atoms with Crippen LogP contribution in [0.5, 0.6) is 0 Å². The zero-order chi connectivity index (χ0) is 17.9. The molecule has 2 aromatic rings. The number of piperazine rings is 1. The summed E-state index contributed by atoms with van der Waals surface area (Å²) in [6, 6.07) is 8.15. The Labute approximate surface area is 147 Å². The smallest absolute Gasteiger partial charge is 0.227 e. The zero-order valence-corrected chi connectivity index (χ0v) is 14.7. The van der Waals surface area contributed by atoms with Crippen molar-refractivity contribution in [3.05, 3.63) is 49.2 Å². The summed E-state index contributed by atoms with van der Waals surface area (Å²) in [5.41, 5.74) is 5.95. The lowest BCUT2D eigenvalue weighted by Gasteiger charge is -2.34. The Bertz CT molecular complexity index is 847. The van der Waals surface area contributed by atoms with Gasteiger partial charge < -0.3 is 10.6 Å². The molecule has 0 saturated carbocycles. The molecule has 0 unspecified atom stereocenters. The summed E-state index contributed by atoms with van der Waals surface area (Å²) in [6.07, 6.45) is 3.18. The van der Waals surface area contributed by atoms with Crippen LogP contribution in [-0.2, 0) is 9.84 Å². The number of sulfone groups is 1. The first-order valence-corrected chi connectivity index (χ1v) is 9.51. The molecule has 132 valence electrons. The molecule has 0 aliphatic carbocycles. The Morgan fingerprint density at radius 3 is 2.44 bits per heavy atom. The van der Waals surface area contributed by atoms with Crippen LogP contribution in [0.2, 0.25) is 0 Å². The zero-order valence-electron chi connectivity index (χ0n) is 13.9. The van der Waals surface area contributed by atoms with E-state index in [2.05, 4.69) is 21.4 Å². The SMILES string of the molecule is C=CCN1CCN(c2ncc(S(=O)(=O)c3ccccc3)c(N)n2)CC1. The molecule has 0 atom stereocenters. The van der Waals surface area contributed by atoms with Gasteiger partial charge in [-0.2, -0.15) is 4.98 Å². The van der Waals surface area contributed by atoms with Gasteiger partial charge in [0.15, 0.2) is 0 Å². The maximum absolute atomic E-state index is 12.7. The highest BCUT2D eigenvalue weighted by Gasteiger charge is 2.24. The van der Waals surface area contributed by atoms with E-state index in [9.17, 15) is 8.42 Å². The van der Waals surface area contributed by atoms with Crippen LogP contribution in [-0.4, -0.2) is 56.0 Å². The van der Waals surface area contributed by atoms with Crippen LogP contribution in [0.25, 0.3) is 0 Å². The number of nitrogens with two attached hydrogens (primary N) is 1. The van der Waals surface area contributed by atoms with Gasteiger partial charge in [-0.15, -0.1) is 6.58 Å². The molecule has 7 nitrogen and oxygen atoms in total. The number of hydrogen-bond acceptors (Lipinski definition) is 7. The highest BCUT2D eigenvalue weighted by Crippen LogP contribution is 2.25. The number of nitrogens with zero attached hydrogens (tertiary/aromatic N) is 4. The Kier molecular flexibility index (Phi) is 5.00. The quantitative estimate of drug-likeness (QED) is 0.802. The van der Waals surface area contributed by atoms with Gasteiger partial charge in [-0.1, -0.05) is 24.3 Å². The predicted octanol–water partition coefficient (Wildman–Crippen LogP) is 1.20. The lowest BCUT2D eigenvalue weighted by molar-refractivity contribution is 0.283. The number of nitrogen functional groups attached to an aromatic ring is 1. The lowest BCUT2D eigenvalue weighted by Crippen LogP contribution is -2.47. The largest absolute Gasteiger partial charge is 0.382 e. The van der Waals surface area contributed by atoms with Gasteiger partial charge in [0.25, 0.3) is 0 Å². The molecule has 1 aliphatic rings. The molecule has 2 N–H and O–H groups in total. The van der Waals surface area contributed by atoms with E-state index < -0.39 is 9.84 Å². The maximum Gasteiger partial charge on any atom is 0.227 e. The Balaban J connectivity index is 1.81. The number of rotatable bonds is 5. The second kappa shape index (κ2) is 7.20. The number of hydrogen-bond donors (Lipinski definition) is 1. The molecule has 0 radical (unpaired) electrons. The second-order valence-corrected chi connectivity index (χ2v) is 7.73. The molecule has 8 heteroatoms. The average Bonchev–Trinajstić information content (AvgIpc) is 2.63. The van der Waals surface area contributed by atoms with Crippen molar-refractivity contribution in [3.8, 4) is 0 Å². The standard InChI is InChI=1S/C17H21N5O2S/c1-2-8-21-9-11-22(12-10-21)17-19-13-15(16(18)20-17)25(23,24)14-6-4-3-5-7-14/h2-7,13H,1,8-12H2,(H2,18,19,20). The van der Waals surface area contributed by atoms with Crippen LogP contribution < -0.4 is 10.6 Å². The van der Waals surface area contributed by atoms with Crippen LogP contribution >= 0.6 is 0 Å². The van der Waals surface area contributed by atoms with Crippen molar-refractivity contribution in [2.24, 2.45) is 0 Å². The van der Waals surface area contributed by atoms with Gasteiger partial charge in [-0.3, -0.25) is 4.90 Å². The Morgan fingerprint density at radius 2 is 1.84 bits per heavy atom. The molecule has 25 heavy (non-hydrogen) atoms. The molecule has 1 saturated heterocycles. The lowest BCUT2D eigenvalue weighted by atomic mass is 10.3. The molecular formula is C17H21N5O2S. The van der Waals surface area contributed by atoms with Crippen molar-refractivity contribution >= 4 is 21.6 Å². The van der Waals surface area contributed by atoms with E-state index in [0.717, 1.165) is 32.7 Å². The minimum absolute atomic E-state index is 0.0256. The first kappa shape index (κ1) is 17.4. The molecule has 0 spiro atoms. The van der Waals surface area contributed by atoms with Crippen LogP contribution in [0, 0.1) is 0 Å². The highest BCUT2D eigenvalue weighted by atomic mass is 32.2. The molecule has 2 heterocycles. The molecular weight excluding hydrogens is 338 g/mol. The second-order valence-electron chi connectivity index (χ2n) is 5.81. The monoisotopic (exact) mass is 359 g/mol. The third-order valence-electron chi connectivity index (χ3n) is 4.16. The molecule has 1 aromatic carbocycles. The van der Waals surface area contributed by atoms with Crippen LogP contribution in [0.4, 0.5) is 11.8 Å². The van der Waals surface area contributed by atoms with Gasteiger partial charge in [0.2, 0.25) is 15.8 Å². The van der Waals surface area contributed by atoms with Crippen molar-refractivity contribution in [2.75, 3.05) is 43.4 Å². The summed E-state index contributed by atoms with van der Waals surface area (Å²) in [5.74, 6) is 0.435. The van der Waals surface area contributed by atoms with Crippen molar-refractivity contribution in [1.29, 1.82) is 0 Å². The molecule has 3 rings (SSSR count). The van der Waals surface area contributed by atoms with Crippen LogP contribution in [0.3, 0.4) is 0 Å². The van der Waals surface area contributed by atoms with Gasteiger partial charge in [-0.05, 0) is 12.1 Å². The third-order valence-corrected chi connectivity index (χ3v) is 5.94. The molecule has 0 amide bonds. The fourth-order valence-corrected chi connectivity index (χ4v) is 4.06. The van der Waals surface area contributed by atoms with Gasteiger partial charge in [0.1, 0.15) is 10.7 Å². The average molecular weight is 359 g/mol. The molecule has 1 fully saturated rings. The predicted molar refractivity (Wildman–Crippen MR) is 97.2 cm³/mol. The van der Waals surface area contributed by atoms with E-state index in [4.69, 9.17) is 5.73 Å². The fourth-order valence-electron chi connectivity index (χ4n) is 2.77. The van der Waals surface area contributed by atoms with Gasteiger partial charge >= 0.3 is 0 Å². The van der Waals surface area contributed by atoms with E-state index in [1.165, 1.54) is 18.3 Å². The van der Waals surface area contributed by atoms with Crippen LogP contribution in [0.15, 0.2) is 59.0 Å². The number of benzene rings is 1. The first-order chi connectivity index (χ1) is 12.0. The van der Waals surface area contributed by atoms with Crippen molar-refractivity contribution in [1.82, 2.24) is 14.9 Å². The normalized spacial score (nSPS) is 15.9. The maximum atomic E-state index is 12.7. The Hall–Kier alpha value is -2.45. The first-order valence-electron chi connectivity index (χ1n) is 8.03. The highest BCUT2D eigenvalue weighted by molar-refractivity contribution is 7.91. The topological polar surface area (TPSA) is 92.4 Å². The summed E-state index contributed by atoms with van der Waals surface area (Å²) in [5, 5.41) is 0. The summed E-state index contributed by atoms with van der Waals surface area (Å²) >= 11 is 0. The van der Waals surface area contributed by atoms with E-state index in [0.29, 0.717) is 5.95 Å². The summed E-state index contributed by atoms with van der Waals surface area (Å²) < 4.78 is 25.3. The molecule has 1 aromatic heterocycles. The summed E-state index contributed by atoms with van der Waals surface area (Å²) in [7, 11) is -3.72. The van der Waals surface area contributed by atoms with Crippen molar-refractivity contribution in [3.63, 3.8) is 0 Å². The van der Waals surface area contributed by atoms with E-state index in [1.54, 1.807) is 18.2 Å². The third kappa shape index (κ3) is 3.64. The molecule has 1 aliphatic heterocycles. The van der Waals surface area contributed by atoms with Crippen LogP contribution in [0.1, 0.15) is 0 Å². The van der Waals surface area contributed by atoms with E-state index in [-0.39, 0.29) is 15.6 Å². The van der Waals surface area contributed by atoms with E-state index in [1.807, 2.05) is 11.0 Å². The van der Waals surface area contributed by atoms with Gasteiger partial charge in [0.05, 0.1) is 11.1 Å².